The number of rotatable bonds is 2. The fourth-order valence-corrected chi connectivity index (χ4v) is 3.84. The molecule has 2 N–H and O–H groups in total. The lowest BCUT2D eigenvalue weighted by Gasteiger charge is -2.01. The second-order valence-electron chi connectivity index (χ2n) is 5.42. The lowest BCUT2D eigenvalue weighted by Crippen LogP contribution is -1.98. The maximum absolute atomic E-state index is 6.14. The summed E-state index contributed by atoms with van der Waals surface area (Å²) in [6.07, 6.45) is 5.05. The van der Waals surface area contributed by atoms with Gasteiger partial charge in [0.15, 0.2) is 11.6 Å². The number of hydrogen-bond acceptors (Lipinski definition) is 4. The minimum Gasteiger partial charge on any atom is -0.390 e. The van der Waals surface area contributed by atoms with Crippen LogP contribution in [-0.2, 0) is 7.05 Å². The van der Waals surface area contributed by atoms with Gasteiger partial charge in [0.05, 0.1) is 10.6 Å². The second kappa shape index (κ2) is 4.63. The summed E-state index contributed by atoms with van der Waals surface area (Å²) in [6.45, 7) is 4.22. The van der Waals surface area contributed by atoms with Gasteiger partial charge in [-0.3, -0.25) is 0 Å². The smallest absolute Gasteiger partial charge is 0.161 e. The third-order valence-corrected chi connectivity index (χ3v) is 5.17. The van der Waals surface area contributed by atoms with Crippen molar-refractivity contribution in [2.45, 2.75) is 45.4 Å². The number of nitrogens with two attached hydrogens (primary N) is 1. The Bertz CT molecular complexity index is 605. The third kappa shape index (κ3) is 2.06. The highest BCUT2D eigenvalue weighted by molar-refractivity contribution is 7.16. The van der Waals surface area contributed by atoms with Crippen LogP contribution >= 0.6 is 11.3 Å². The van der Waals surface area contributed by atoms with Crippen LogP contribution in [0.5, 0.6) is 0 Å². The molecule has 2 aromatic heterocycles. The lowest BCUT2D eigenvalue weighted by atomic mass is 10.1. The van der Waals surface area contributed by atoms with Crippen molar-refractivity contribution >= 4 is 16.3 Å². The quantitative estimate of drug-likeness (QED) is 0.914. The molecule has 1 aliphatic carbocycles. The number of nitrogens with zero attached hydrogens (tertiary/aromatic N) is 3. The fraction of sp³-hybridized carbons (Fsp3) is 0.571. The van der Waals surface area contributed by atoms with Crippen LogP contribution in [0.3, 0.4) is 0 Å². The van der Waals surface area contributed by atoms with E-state index in [2.05, 4.69) is 18.9 Å². The van der Waals surface area contributed by atoms with Gasteiger partial charge in [-0.15, -0.1) is 11.3 Å². The molecule has 2 heterocycles. The van der Waals surface area contributed by atoms with Crippen LogP contribution in [0.1, 0.15) is 47.9 Å². The first-order valence-corrected chi connectivity index (χ1v) is 7.66. The summed E-state index contributed by atoms with van der Waals surface area (Å²) in [5, 5.41) is 5.47. The van der Waals surface area contributed by atoms with E-state index in [9.17, 15) is 0 Å². The first-order chi connectivity index (χ1) is 9.08. The van der Waals surface area contributed by atoms with Crippen molar-refractivity contribution < 1.29 is 0 Å². The average Bonchev–Trinajstić information content (AvgIpc) is 3.03. The van der Waals surface area contributed by atoms with E-state index < -0.39 is 0 Å². The van der Waals surface area contributed by atoms with Crippen molar-refractivity contribution in [3.8, 4) is 11.4 Å². The zero-order chi connectivity index (χ0) is 13.6. The Morgan fingerprint density at radius 1 is 1.26 bits per heavy atom. The number of aryl methyl sites for hydroxylation is 2. The van der Waals surface area contributed by atoms with Crippen LogP contribution in [0.2, 0.25) is 0 Å². The predicted octanol–water partition coefficient (Wildman–Crippen LogP) is 3.40. The van der Waals surface area contributed by atoms with E-state index >= 15 is 0 Å². The van der Waals surface area contributed by atoms with Crippen LogP contribution in [0.25, 0.3) is 11.4 Å². The molecule has 2 aromatic rings. The molecule has 102 valence electrons. The number of aromatic nitrogens is 3. The second-order valence-corrected chi connectivity index (χ2v) is 6.68. The Morgan fingerprint density at radius 3 is 2.53 bits per heavy atom. The van der Waals surface area contributed by atoms with Gasteiger partial charge in [-0.1, -0.05) is 12.8 Å². The summed E-state index contributed by atoms with van der Waals surface area (Å²) >= 11 is 1.64. The third-order valence-electron chi connectivity index (χ3n) is 4.14. The highest BCUT2D eigenvalue weighted by Crippen LogP contribution is 2.38. The first-order valence-electron chi connectivity index (χ1n) is 6.84. The number of thiophene rings is 1. The van der Waals surface area contributed by atoms with Gasteiger partial charge < -0.3 is 5.73 Å². The van der Waals surface area contributed by atoms with Crippen LogP contribution < -0.4 is 5.73 Å². The normalized spacial score (nSPS) is 16.4. The SMILES string of the molecule is Cc1sc(N)c(-c2nc(C3CCCC3)nn2C)c1C. The lowest BCUT2D eigenvalue weighted by molar-refractivity contribution is 0.648. The van der Waals surface area contributed by atoms with E-state index in [-0.39, 0.29) is 0 Å². The Labute approximate surface area is 117 Å². The maximum Gasteiger partial charge on any atom is 0.161 e. The molecule has 4 nitrogen and oxygen atoms in total. The largest absolute Gasteiger partial charge is 0.390 e. The van der Waals surface area contributed by atoms with Gasteiger partial charge in [-0.25, -0.2) is 9.67 Å². The molecule has 0 bridgehead atoms. The molecule has 0 spiro atoms. The van der Waals surface area contributed by atoms with Crippen LogP contribution in [0, 0.1) is 13.8 Å². The summed E-state index contributed by atoms with van der Waals surface area (Å²) in [6, 6.07) is 0. The Hall–Kier alpha value is -1.36. The van der Waals surface area contributed by atoms with E-state index in [4.69, 9.17) is 10.7 Å². The summed E-state index contributed by atoms with van der Waals surface area (Å²) in [5.74, 6) is 2.46. The van der Waals surface area contributed by atoms with Crippen molar-refractivity contribution in [3.05, 3.63) is 16.3 Å². The molecule has 0 radical (unpaired) electrons. The van der Waals surface area contributed by atoms with Gasteiger partial charge in [0.2, 0.25) is 0 Å². The van der Waals surface area contributed by atoms with E-state index in [1.54, 1.807) is 11.3 Å². The summed E-state index contributed by atoms with van der Waals surface area (Å²) in [5.41, 5.74) is 8.45. The zero-order valence-electron chi connectivity index (χ0n) is 11.7. The molecule has 0 atom stereocenters. The van der Waals surface area contributed by atoms with E-state index in [0.717, 1.165) is 22.2 Å². The van der Waals surface area contributed by atoms with Gasteiger partial charge >= 0.3 is 0 Å². The molecule has 0 unspecified atom stereocenters. The molecule has 0 amide bonds. The van der Waals surface area contributed by atoms with Crippen LogP contribution in [0.4, 0.5) is 5.00 Å². The van der Waals surface area contributed by atoms with Gasteiger partial charge in [0.25, 0.3) is 0 Å². The van der Waals surface area contributed by atoms with Crippen LogP contribution in [-0.4, -0.2) is 14.8 Å². The van der Waals surface area contributed by atoms with Gasteiger partial charge in [0.1, 0.15) is 0 Å². The van der Waals surface area contributed by atoms with Gasteiger partial charge in [-0.05, 0) is 32.3 Å². The van der Waals surface area contributed by atoms with Gasteiger partial charge in [0, 0.05) is 17.8 Å². The minimum absolute atomic E-state index is 0.543. The maximum atomic E-state index is 6.14. The topological polar surface area (TPSA) is 56.7 Å². The molecular formula is C14H20N4S. The van der Waals surface area contributed by atoms with E-state index in [0.29, 0.717) is 5.92 Å². The molecule has 1 saturated carbocycles. The molecule has 3 rings (SSSR count). The molecular weight excluding hydrogens is 256 g/mol. The zero-order valence-corrected chi connectivity index (χ0v) is 12.5. The Morgan fingerprint density at radius 2 is 1.95 bits per heavy atom. The standard InChI is InChI=1S/C14H20N4S/c1-8-9(2)19-12(15)11(8)14-16-13(17-18(14)3)10-6-4-5-7-10/h10H,4-7,15H2,1-3H3. The van der Waals surface area contributed by atoms with E-state index in [1.807, 2.05) is 11.7 Å². The van der Waals surface area contributed by atoms with Gasteiger partial charge in [-0.2, -0.15) is 5.10 Å². The predicted molar refractivity (Wildman–Crippen MR) is 79.4 cm³/mol. The number of anilines is 1. The first kappa shape index (κ1) is 12.7. The van der Waals surface area contributed by atoms with E-state index in [1.165, 1.54) is 36.1 Å². The van der Waals surface area contributed by atoms with Crippen molar-refractivity contribution in [2.24, 2.45) is 7.05 Å². The Kier molecular flexibility index (Phi) is 3.09. The molecule has 1 fully saturated rings. The highest BCUT2D eigenvalue weighted by Gasteiger charge is 2.24. The van der Waals surface area contributed by atoms with Crippen molar-refractivity contribution in [2.75, 3.05) is 5.73 Å². The number of nitrogen functional groups attached to an aromatic ring is 1. The van der Waals surface area contributed by atoms with Crippen molar-refractivity contribution in [3.63, 3.8) is 0 Å². The van der Waals surface area contributed by atoms with Crippen molar-refractivity contribution in [1.82, 2.24) is 14.8 Å². The molecule has 1 aliphatic rings. The molecule has 0 aliphatic heterocycles. The summed E-state index contributed by atoms with van der Waals surface area (Å²) in [4.78, 5) is 6.04. The average molecular weight is 276 g/mol. The Balaban J connectivity index is 2.05. The summed E-state index contributed by atoms with van der Waals surface area (Å²) < 4.78 is 1.89. The number of hydrogen-bond donors (Lipinski definition) is 1. The van der Waals surface area contributed by atoms with Crippen molar-refractivity contribution in [1.29, 1.82) is 0 Å². The summed E-state index contributed by atoms with van der Waals surface area (Å²) in [7, 11) is 1.96. The molecule has 19 heavy (non-hydrogen) atoms. The molecule has 5 heteroatoms. The fourth-order valence-electron chi connectivity index (χ4n) is 2.91. The molecule has 0 saturated heterocycles. The minimum atomic E-state index is 0.543. The molecule has 0 aromatic carbocycles. The van der Waals surface area contributed by atoms with Crippen LogP contribution in [0.15, 0.2) is 0 Å². The monoisotopic (exact) mass is 276 g/mol. The highest BCUT2D eigenvalue weighted by atomic mass is 32.1.